The van der Waals surface area contributed by atoms with E-state index in [-0.39, 0.29) is 69.2 Å². The van der Waals surface area contributed by atoms with Crippen LogP contribution in [-0.2, 0) is 46.3 Å². The normalized spacial score (nSPS) is 20.4. The Labute approximate surface area is 367 Å². The van der Waals surface area contributed by atoms with Gasteiger partial charge in [0.1, 0.15) is 11.6 Å². The molecule has 2 atom stereocenters. The first-order chi connectivity index (χ1) is 29.1. The molecule has 0 heterocycles. The lowest BCUT2D eigenvalue weighted by Crippen LogP contribution is -2.41. The number of sulfonamides is 2. The molecular formula is C45H55BrF2N4O7S2. The number of carbonyl (C=O) groups is 2. The van der Waals surface area contributed by atoms with E-state index in [0.29, 0.717) is 63.3 Å². The van der Waals surface area contributed by atoms with Gasteiger partial charge in [0.15, 0.2) is 0 Å². The van der Waals surface area contributed by atoms with E-state index in [9.17, 15) is 35.2 Å². The number of methoxy groups -OCH3 is 1. The molecule has 330 valence electrons. The predicted octanol–water partition coefficient (Wildman–Crippen LogP) is 8.12. The summed E-state index contributed by atoms with van der Waals surface area (Å²) in [5, 5.41) is 6.63. The molecule has 4 aromatic carbocycles. The number of alkyl halides is 1. The molecule has 0 bridgehead atoms. The molecule has 61 heavy (non-hydrogen) atoms. The highest BCUT2D eigenvalue weighted by Gasteiger charge is 2.31. The van der Waals surface area contributed by atoms with E-state index in [1.54, 1.807) is 79.9 Å². The van der Waals surface area contributed by atoms with Crippen LogP contribution in [0, 0.1) is 23.5 Å². The topological polar surface area (TPSA) is 160 Å². The van der Waals surface area contributed by atoms with Crippen LogP contribution in [0.15, 0.2) is 107 Å². The zero-order chi connectivity index (χ0) is 44.2. The van der Waals surface area contributed by atoms with Crippen molar-refractivity contribution < 1.29 is 39.9 Å². The molecule has 0 aromatic heterocycles. The van der Waals surface area contributed by atoms with Gasteiger partial charge in [0.25, 0.3) is 0 Å². The third-order valence-electron chi connectivity index (χ3n) is 11.2. The molecule has 0 saturated heterocycles. The standard InChI is InChI=1S/C23H29FN2O4S.C22H26BrFN2O3S/c1-16(18-5-9-20(24)10-6-18)25-23(27)19-7-11-21(12-8-19)26-31(28,29)22-13-3-17(4-14-22)15-30-2;1-15(17-4-8-19(24)9-5-17)25-22(27)18-6-10-20(11-7-18)26-30(28,29)21-12-2-16(14-23)3-13-21/h3-6,9-10,13-14,16,19,21,26H,7-8,11-12,15H2,1-2H3,(H,25,27);2-5,8-9,12-13,15,18,20,26H,6-7,10-11,14H2,1H3,(H,25,27)/t16-,19?,21?;15-,18?,20?/m11/s1. The number of ether oxygens (including phenoxy) is 1. The van der Waals surface area contributed by atoms with Gasteiger partial charge in [-0.3, -0.25) is 9.59 Å². The second kappa shape index (κ2) is 22.3. The lowest BCUT2D eigenvalue weighted by Gasteiger charge is -2.29. The zero-order valence-corrected chi connectivity index (χ0v) is 37.8. The maximum Gasteiger partial charge on any atom is 0.240 e. The number of amides is 2. The molecule has 0 unspecified atom stereocenters. The van der Waals surface area contributed by atoms with Crippen molar-refractivity contribution in [1.82, 2.24) is 20.1 Å². The van der Waals surface area contributed by atoms with Gasteiger partial charge in [0.2, 0.25) is 31.9 Å². The second-order valence-electron chi connectivity index (χ2n) is 15.8. The Kier molecular flexibility index (Phi) is 17.6. The molecule has 2 amide bonds. The van der Waals surface area contributed by atoms with Crippen LogP contribution in [0.25, 0.3) is 0 Å². The van der Waals surface area contributed by atoms with Gasteiger partial charge in [-0.2, -0.15) is 0 Å². The lowest BCUT2D eigenvalue weighted by atomic mass is 9.85. The molecule has 0 aliphatic heterocycles. The van der Waals surface area contributed by atoms with Gasteiger partial charge in [0, 0.05) is 36.4 Å². The highest BCUT2D eigenvalue weighted by Crippen LogP contribution is 2.29. The molecule has 2 fully saturated rings. The van der Waals surface area contributed by atoms with Crippen molar-refractivity contribution in [2.45, 2.75) is 111 Å². The van der Waals surface area contributed by atoms with Crippen LogP contribution in [-0.4, -0.2) is 47.8 Å². The third kappa shape index (κ3) is 14.2. The maximum absolute atomic E-state index is 13.1. The summed E-state index contributed by atoms with van der Waals surface area (Å²) < 4.78 is 87.3. The molecule has 16 heteroatoms. The summed E-state index contributed by atoms with van der Waals surface area (Å²) in [6.45, 7) is 4.16. The number of hydrogen-bond donors (Lipinski definition) is 4. The molecule has 6 rings (SSSR count). The first-order valence-corrected chi connectivity index (χ1v) is 24.5. The lowest BCUT2D eigenvalue weighted by molar-refractivity contribution is -0.127. The number of nitrogens with one attached hydrogen (secondary N) is 4. The molecule has 4 N–H and O–H groups in total. The number of hydrogen-bond acceptors (Lipinski definition) is 7. The zero-order valence-electron chi connectivity index (χ0n) is 34.6. The van der Waals surface area contributed by atoms with Crippen LogP contribution in [0.1, 0.15) is 99.6 Å². The van der Waals surface area contributed by atoms with Crippen molar-refractivity contribution in [3.63, 3.8) is 0 Å². The van der Waals surface area contributed by atoms with Gasteiger partial charge in [0.05, 0.1) is 28.5 Å². The van der Waals surface area contributed by atoms with Crippen molar-refractivity contribution in [1.29, 1.82) is 0 Å². The summed E-state index contributed by atoms with van der Waals surface area (Å²) in [7, 11) is -5.60. The van der Waals surface area contributed by atoms with E-state index in [4.69, 9.17) is 4.74 Å². The summed E-state index contributed by atoms with van der Waals surface area (Å²) in [4.78, 5) is 25.7. The molecule has 2 aliphatic rings. The Morgan fingerprint density at radius 3 is 1.26 bits per heavy atom. The number of benzene rings is 4. The van der Waals surface area contributed by atoms with Crippen LogP contribution < -0.4 is 20.1 Å². The number of rotatable bonds is 15. The molecule has 2 saturated carbocycles. The van der Waals surface area contributed by atoms with Gasteiger partial charge in [-0.1, -0.05) is 64.5 Å². The summed E-state index contributed by atoms with van der Waals surface area (Å²) in [6.07, 6.45) is 4.90. The Morgan fingerprint density at radius 1 is 0.590 bits per heavy atom. The third-order valence-corrected chi connectivity index (χ3v) is 15.0. The predicted molar refractivity (Wildman–Crippen MR) is 234 cm³/mol. The Bertz CT molecular complexity index is 2250. The molecular weight excluding hydrogens is 891 g/mol. The van der Waals surface area contributed by atoms with Crippen LogP contribution in [0.4, 0.5) is 8.78 Å². The average molecular weight is 946 g/mol. The van der Waals surface area contributed by atoms with Gasteiger partial charge >= 0.3 is 0 Å². The summed E-state index contributed by atoms with van der Waals surface area (Å²) in [6, 6.07) is 24.8. The Balaban J connectivity index is 0.000000231. The highest BCUT2D eigenvalue weighted by atomic mass is 79.9. The van der Waals surface area contributed by atoms with Gasteiger partial charge in [-0.15, -0.1) is 0 Å². The van der Waals surface area contributed by atoms with Crippen LogP contribution in [0.5, 0.6) is 0 Å². The second-order valence-corrected chi connectivity index (χ2v) is 19.7. The monoisotopic (exact) mass is 944 g/mol. The number of halogens is 3. The largest absolute Gasteiger partial charge is 0.380 e. The van der Waals surface area contributed by atoms with Crippen LogP contribution in [0.3, 0.4) is 0 Å². The molecule has 11 nitrogen and oxygen atoms in total. The SMILES string of the molecule is COCc1ccc(S(=O)(=O)NC2CCC(C(=O)N[C@H](C)c3ccc(F)cc3)CC2)cc1.C[C@@H](NC(=O)C1CCC(NS(=O)(=O)c2ccc(CBr)cc2)CC1)c1ccc(F)cc1. The van der Waals surface area contributed by atoms with Crippen molar-refractivity contribution in [2.24, 2.45) is 11.8 Å². The molecule has 2 aliphatic carbocycles. The van der Waals surface area contributed by atoms with Crippen molar-refractivity contribution in [3.8, 4) is 0 Å². The van der Waals surface area contributed by atoms with Crippen molar-refractivity contribution in [2.75, 3.05) is 7.11 Å². The van der Waals surface area contributed by atoms with E-state index in [2.05, 4.69) is 36.0 Å². The summed E-state index contributed by atoms with van der Waals surface area (Å²) in [5.74, 6) is -1.01. The molecule has 4 aromatic rings. The van der Waals surface area contributed by atoms with Crippen LogP contribution >= 0.6 is 15.9 Å². The fraction of sp³-hybridized carbons (Fsp3) is 0.422. The maximum atomic E-state index is 13.1. The van der Waals surface area contributed by atoms with Crippen molar-refractivity contribution in [3.05, 3.63) is 131 Å². The first kappa shape index (κ1) is 48.0. The van der Waals surface area contributed by atoms with Crippen LogP contribution in [0.2, 0.25) is 0 Å². The van der Waals surface area contributed by atoms with E-state index >= 15 is 0 Å². The van der Waals surface area contributed by atoms with Gasteiger partial charge in [-0.05, 0) is 136 Å². The minimum absolute atomic E-state index is 0.0431. The Morgan fingerprint density at radius 2 is 0.934 bits per heavy atom. The minimum atomic E-state index is -3.61. The van der Waals surface area contributed by atoms with Gasteiger partial charge in [-0.25, -0.2) is 35.1 Å². The van der Waals surface area contributed by atoms with E-state index in [1.807, 2.05) is 13.8 Å². The quantitative estimate of drug-likeness (QED) is 0.0877. The number of carbonyl (C=O) groups excluding carboxylic acids is 2. The van der Waals surface area contributed by atoms with Gasteiger partial charge < -0.3 is 15.4 Å². The summed E-state index contributed by atoms with van der Waals surface area (Å²) in [5.41, 5.74) is 3.60. The van der Waals surface area contributed by atoms with E-state index in [0.717, 1.165) is 22.3 Å². The fourth-order valence-electron chi connectivity index (χ4n) is 7.54. The van der Waals surface area contributed by atoms with E-state index < -0.39 is 20.0 Å². The molecule has 0 spiro atoms. The fourth-order valence-corrected chi connectivity index (χ4v) is 10.5. The molecule has 0 radical (unpaired) electrons. The minimum Gasteiger partial charge on any atom is -0.380 e. The summed E-state index contributed by atoms with van der Waals surface area (Å²) >= 11 is 3.35. The smallest absolute Gasteiger partial charge is 0.240 e. The average Bonchev–Trinajstić information content (AvgIpc) is 3.25. The van der Waals surface area contributed by atoms with Crippen molar-refractivity contribution >= 4 is 47.8 Å². The first-order valence-electron chi connectivity index (χ1n) is 20.5. The Hall–Kier alpha value is -4.06. The highest BCUT2D eigenvalue weighted by molar-refractivity contribution is 9.08. The van der Waals surface area contributed by atoms with E-state index in [1.165, 1.54) is 24.3 Å².